The third-order valence-electron chi connectivity index (χ3n) is 4.44. The van der Waals surface area contributed by atoms with E-state index in [1.54, 1.807) is 0 Å². The number of nitrogens with one attached hydrogen (secondary N) is 1. The minimum Gasteiger partial charge on any atom is -0.376 e. The van der Waals surface area contributed by atoms with Crippen LogP contribution in [0, 0.1) is 5.92 Å². The molecule has 1 amide bonds. The van der Waals surface area contributed by atoms with E-state index in [-0.39, 0.29) is 23.9 Å². The summed E-state index contributed by atoms with van der Waals surface area (Å²) in [5.74, 6) is 0.769. The number of amides is 1. The molecular formula is C13H22N2O2. The lowest BCUT2D eigenvalue weighted by Crippen LogP contribution is -2.49. The van der Waals surface area contributed by atoms with E-state index in [4.69, 9.17) is 4.74 Å². The summed E-state index contributed by atoms with van der Waals surface area (Å²) >= 11 is 0. The molecule has 3 rings (SSSR count). The minimum atomic E-state index is -0.197. The first-order valence-electron chi connectivity index (χ1n) is 6.77. The normalized spacial score (nSPS) is 39.6. The average Bonchev–Trinajstić information content (AvgIpc) is 2.86. The van der Waals surface area contributed by atoms with Gasteiger partial charge in [0.25, 0.3) is 0 Å². The van der Waals surface area contributed by atoms with Crippen molar-refractivity contribution in [1.29, 1.82) is 0 Å². The summed E-state index contributed by atoms with van der Waals surface area (Å²) in [7, 11) is 0. The van der Waals surface area contributed by atoms with E-state index in [0.717, 1.165) is 25.9 Å². The van der Waals surface area contributed by atoms with Crippen molar-refractivity contribution in [3.8, 4) is 0 Å². The summed E-state index contributed by atoms with van der Waals surface area (Å²) in [4.78, 5) is 14.6. The van der Waals surface area contributed by atoms with Crippen LogP contribution in [-0.4, -0.2) is 41.3 Å². The topological polar surface area (TPSA) is 41.6 Å². The molecule has 4 nitrogen and oxygen atoms in total. The van der Waals surface area contributed by atoms with E-state index < -0.39 is 0 Å². The number of nitrogens with zero attached hydrogens (tertiary/aromatic N) is 1. The molecule has 1 spiro atoms. The van der Waals surface area contributed by atoms with E-state index in [1.165, 1.54) is 0 Å². The first-order chi connectivity index (χ1) is 8.05. The second-order valence-electron chi connectivity index (χ2n) is 6.06. The molecule has 2 saturated heterocycles. The van der Waals surface area contributed by atoms with Crippen LogP contribution in [0.3, 0.4) is 0 Å². The monoisotopic (exact) mass is 238 g/mol. The maximum absolute atomic E-state index is 12.5. The number of hydrogen-bond donors (Lipinski definition) is 1. The van der Waals surface area contributed by atoms with Gasteiger partial charge in [-0.3, -0.25) is 10.1 Å². The van der Waals surface area contributed by atoms with Crippen LogP contribution in [0.25, 0.3) is 0 Å². The Balaban J connectivity index is 1.86. The van der Waals surface area contributed by atoms with Crippen LogP contribution >= 0.6 is 0 Å². The first-order valence-corrected chi connectivity index (χ1v) is 6.77. The molecule has 3 unspecified atom stereocenters. The summed E-state index contributed by atoms with van der Waals surface area (Å²) in [5.41, 5.74) is -0.197. The smallest absolute Gasteiger partial charge is 0.244 e. The van der Waals surface area contributed by atoms with E-state index in [0.29, 0.717) is 11.8 Å². The Hall–Kier alpha value is -0.610. The van der Waals surface area contributed by atoms with Crippen LogP contribution in [0.5, 0.6) is 0 Å². The van der Waals surface area contributed by atoms with Crippen molar-refractivity contribution in [3.63, 3.8) is 0 Å². The molecule has 0 aromatic carbocycles. The van der Waals surface area contributed by atoms with Crippen LogP contribution < -0.4 is 5.32 Å². The molecule has 0 aromatic heterocycles. The molecule has 2 heterocycles. The van der Waals surface area contributed by atoms with Crippen molar-refractivity contribution >= 4 is 5.91 Å². The maximum Gasteiger partial charge on any atom is 0.244 e. The summed E-state index contributed by atoms with van der Waals surface area (Å²) < 4.78 is 5.62. The minimum absolute atomic E-state index is 0.177. The molecule has 3 atom stereocenters. The van der Waals surface area contributed by atoms with Crippen molar-refractivity contribution in [2.75, 3.05) is 6.61 Å². The highest BCUT2D eigenvalue weighted by Crippen LogP contribution is 2.45. The molecule has 3 fully saturated rings. The van der Waals surface area contributed by atoms with Gasteiger partial charge in [0.15, 0.2) is 0 Å². The van der Waals surface area contributed by atoms with Gasteiger partial charge in [-0.25, -0.2) is 0 Å². The van der Waals surface area contributed by atoms with Gasteiger partial charge < -0.3 is 9.64 Å². The number of ether oxygens (including phenoxy) is 1. The van der Waals surface area contributed by atoms with Crippen LogP contribution in [0.15, 0.2) is 0 Å². The number of hydrogen-bond acceptors (Lipinski definition) is 3. The van der Waals surface area contributed by atoms with Crippen molar-refractivity contribution < 1.29 is 9.53 Å². The zero-order valence-electron chi connectivity index (χ0n) is 10.9. The highest BCUT2D eigenvalue weighted by Gasteiger charge is 2.61. The largest absolute Gasteiger partial charge is 0.376 e. The lowest BCUT2D eigenvalue weighted by atomic mass is 10.1. The summed E-state index contributed by atoms with van der Waals surface area (Å²) in [6, 6.07) is 0.266. The van der Waals surface area contributed by atoms with Crippen LogP contribution in [-0.2, 0) is 9.53 Å². The van der Waals surface area contributed by atoms with E-state index in [2.05, 4.69) is 31.0 Å². The van der Waals surface area contributed by atoms with Crippen molar-refractivity contribution in [2.24, 2.45) is 5.92 Å². The van der Waals surface area contributed by atoms with Crippen molar-refractivity contribution in [1.82, 2.24) is 10.2 Å². The molecule has 1 aliphatic carbocycles. The number of carbonyl (C=O) groups excluding carboxylic acids is 1. The molecule has 17 heavy (non-hydrogen) atoms. The van der Waals surface area contributed by atoms with Gasteiger partial charge in [-0.1, -0.05) is 13.8 Å². The quantitative estimate of drug-likeness (QED) is 0.783. The third kappa shape index (κ3) is 1.61. The van der Waals surface area contributed by atoms with Crippen molar-refractivity contribution in [2.45, 2.75) is 63.9 Å². The summed E-state index contributed by atoms with van der Waals surface area (Å²) in [5, 5.41) is 3.56. The number of carbonyl (C=O) groups is 1. The molecule has 0 radical (unpaired) electrons. The molecule has 3 aliphatic rings. The lowest BCUT2D eigenvalue weighted by Gasteiger charge is -2.33. The standard InChI is InChI=1S/C13H22N2O2/c1-8(2)11-14-13(5-6-13)12(16)15(11)10-4-7-17-9(10)3/h8-11,14H,4-7H2,1-3H3. The van der Waals surface area contributed by atoms with Gasteiger partial charge in [0.1, 0.15) is 0 Å². The summed E-state index contributed by atoms with van der Waals surface area (Å²) in [6.45, 7) is 7.23. The highest BCUT2D eigenvalue weighted by molar-refractivity contribution is 5.92. The molecule has 1 saturated carbocycles. The highest BCUT2D eigenvalue weighted by atomic mass is 16.5. The molecule has 4 heteroatoms. The van der Waals surface area contributed by atoms with Crippen LogP contribution in [0.4, 0.5) is 0 Å². The Bertz CT molecular complexity index is 338. The SMILES string of the molecule is CC(C)C1NC2(CC2)C(=O)N1C1CCOC1C. The Morgan fingerprint density at radius 1 is 1.47 bits per heavy atom. The van der Waals surface area contributed by atoms with Gasteiger partial charge >= 0.3 is 0 Å². The van der Waals surface area contributed by atoms with Gasteiger partial charge in [-0.2, -0.15) is 0 Å². The van der Waals surface area contributed by atoms with Gasteiger partial charge in [0.05, 0.1) is 23.9 Å². The van der Waals surface area contributed by atoms with Crippen LogP contribution in [0.2, 0.25) is 0 Å². The van der Waals surface area contributed by atoms with Gasteiger partial charge in [0.2, 0.25) is 5.91 Å². The Morgan fingerprint density at radius 2 is 2.18 bits per heavy atom. The lowest BCUT2D eigenvalue weighted by molar-refractivity contribution is -0.134. The van der Waals surface area contributed by atoms with Gasteiger partial charge in [-0.05, 0) is 32.1 Å². The number of rotatable bonds is 2. The Morgan fingerprint density at radius 3 is 2.65 bits per heavy atom. The van der Waals surface area contributed by atoms with E-state index in [9.17, 15) is 4.79 Å². The Kier molecular flexibility index (Phi) is 2.49. The fourth-order valence-electron chi connectivity index (χ4n) is 3.20. The predicted octanol–water partition coefficient (Wildman–Crippen LogP) is 1.11. The second kappa shape index (κ2) is 3.69. The second-order valence-corrected chi connectivity index (χ2v) is 6.06. The van der Waals surface area contributed by atoms with Gasteiger partial charge in [-0.15, -0.1) is 0 Å². The fourth-order valence-corrected chi connectivity index (χ4v) is 3.20. The molecule has 2 aliphatic heterocycles. The van der Waals surface area contributed by atoms with Gasteiger partial charge in [0, 0.05) is 6.61 Å². The molecule has 0 bridgehead atoms. The van der Waals surface area contributed by atoms with Crippen LogP contribution in [0.1, 0.15) is 40.0 Å². The fraction of sp³-hybridized carbons (Fsp3) is 0.923. The van der Waals surface area contributed by atoms with E-state index in [1.807, 2.05) is 0 Å². The van der Waals surface area contributed by atoms with Crippen molar-refractivity contribution in [3.05, 3.63) is 0 Å². The first kappa shape index (κ1) is 11.5. The zero-order valence-corrected chi connectivity index (χ0v) is 10.9. The zero-order chi connectivity index (χ0) is 12.2. The molecular weight excluding hydrogens is 216 g/mol. The molecule has 1 N–H and O–H groups in total. The average molecular weight is 238 g/mol. The maximum atomic E-state index is 12.5. The molecule has 96 valence electrons. The Labute approximate surface area is 103 Å². The third-order valence-corrected chi connectivity index (χ3v) is 4.44. The molecule has 0 aromatic rings. The summed E-state index contributed by atoms with van der Waals surface area (Å²) in [6.07, 6.45) is 3.37. The predicted molar refractivity (Wildman–Crippen MR) is 64.4 cm³/mol. The van der Waals surface area contributed by atoms with E-state index >= 15 is 0 Å².